The van der Waals surface area contributed by atoms with Gasteiger partial charge in [-0.15, -0.1) is 0 Å². The van der Waals surface area contributed by atoms with Crippen molar-refractivity contribution in [2.75, 3.05) is 23.8 Å². The minimum absolute atomic E-state index is 0.00604. The fraction of sp³-hybridized carbons (Fsp3) is 0.276. The number of carbonyl (C=O) groups is 3. The van der Waals surface area contributed by atoms with Gasteiger partial charge < -0.3 is 19.8 Å². The number of hydrogen-bond donors (Lipinski definition) is 3. The first kappa shape index (κ1) is 27.2. The smallest absolute Gasteiger partial charge is 0.306 e. The molecule has 0 fully saturated rings. The van der Waals surface area contributed by atoms with Crippen LogP contribution in [-0.4, -0.2) is 44.8 Å². The molecule has 0 bridgehead atoms. The molecular formula is C29H29N3O7S. The number of sulfonamides is 1. The van der Waals surface area contributed by atoms with E-state index in [4.69, 9.17) is 9.47 Å². The molecule has 1 amide bonds. The summed E-state index contributed by atoms with van der Waals surface area (Å²) in [6.45, 7) is 2.00. The van der Waals surface area contributed by atoms with Crippen molar-refractivity contribution in [2.24, 2.45) is 0 Å². The number of benzene rings is 2. The topological polar surface area (TPSA) is 144 Å². The predicted molar refractivity (Wildman–Crippen MR) is 150 cm³/mol. The number of Topliss-reactive ketones (excluding diaryl/α,β-unsaturated/α-hetero) is 1. The van der Waals surface area contributed by atoms with Crippen LogP contribution in [0.4, 0.5) is 11.4 Å². The van der Waals surface area contributed by atoms with Gasteiger partial charge in [-0.05, 0) is 68.2 Å². The monoisotopic (exact) mass is 563 g/mol. The van der Waals surface area contributed by atoms with Crippen LogP contribution in [0.2, 0.25) is 0 Å². The molecule has 0 radical (unpaired) electrons. The second kappa shape index (κ2) is 11.0. The first-order valence-corrected chi connectivity index (χ1v) is 14.5. The molecule has 0 saturated heterocycles. The zero-order valence-corrected chi connectivity index (χ0v) is 22.9. The summed E-state index contributed by atoms with van der Waals surface area (Å²) in [5, 5.41) is 2.81. The van der Waals surface area contributed by atoms with E-state index in [1.807, 2.05) is 0 Å². The minimum atomic E-state index is -3.93. The lowest BCUT2D eigenvalue weighted by Gasteiger charge is -2.11. The fourth-order valence-corrected chi connectivity index (χ4v) is 6.14. The number of aromatic nitrogens is 1. The summed E-state index contributed by atoms with van der Waals surface area (Å²) >= 11 is 0. The highest BCUT2D eigenvalue weighted by atomic mass is 32.2. The molecule has 1 aliphatic carbocycles. The summed E-state index contributed by atoms with van der Waals surface area (Å²) in [4.78, 5) is 41.2. The Morgan fingerprint density at radius 1 is 1.12 bits per heavy atom. The molecule has 10 nitrogen and oxygen atoms in total. The van der Waals surface area contributed by atoms with E-state index in [0.717, 1.165) is 12.1 Å². The third kappa shape index (κ3) is 5.37. The first-order valence-electron chi connectivity index (χ1n) is 13.0. The fourth-order valence-electron chi connectivity index (χ4n) is 5.06. The molecule has 1 aliphatic heterocycles. The minimum Gasteiger partial charge on any atom is -0.497 e. The molecular weight excluding hydrogens is 534 g/mol. The van der Waals surface area contributed by atoms with Crippen LogP contribution < -0.4 is 14.8 Å². The Kier molecular flexibility index (Phi) is 7.49. The van der Waals surface area contributed by atoms with Gasteiger partial charge in [-0.3, -0.25) is 19.1 Å². The standard InChI is InChI=1S/C29H29N3O7S/c1-3-39-27(34)13-11-20-25(30-24-8-5-9-26(33)28(20)24)16-22-21-14-17(10-12-23(21)31-29(22)35)32-40(36,37)19-7-4-6-18(15-19)38-2/h4,6-7,10,12,14-16,30,32H,3,5,8-9,11,13H2,1-2H3,(H,31,35)/b22-16-. The van der Waals surface area contributed by atoms with Crippen molar-refractivity contribution < 1.29 is 32.3 Å². The highest BCUT2D eigenvalue weighted by Crippen LogP contribution is 2.37. The van der Waals surface area contributed by atoms with Crippen molar-refractivity contribution in [3.05, 3.63) is 70.5 Å². The maximum absolute atomic E-state index is 13.0. The van der Waals surface area contributed by atoms with E-state index in [-0.39, 0.29) is 47.7 Å². The lowest BCUT2D eigenvalue weighted by atomic mass is 9.91. The van der Waals surface area contributed by atoms with Gasteiger partial charge in [0.2, 0.25) is 0 Å². The third-order valence-electron chi connectivity index (χ3n) is 6.90. The van der Waals surface area contributed by atoms with Crippen molar-refractivity contribution in [1.29, 1.82) is 0 Å². The third-order valence-corrected chi connectivity index (χ3v) is 8.28. The van der Waals surface area contributed by atoms with Gasteiger partial charge in [-0.25, -0.2) is 8.42 Å². The summed E-state index contributed by atoms with van der Waals surface area (Å²) < 4.78 is 38.8. The highest BCUT2D eigenvalue weighted by molar-refractivity contribution is 7.92. The van der Waals surface area contributed by atoms with Crippen LogP contribution in [-0.2, 0) is 37.2 Å². The van der Waals surface area contributed by atoms with E-state index in [1.54, 1.807) is 43.3 Å². The van der Waals surface area contributed by atoms with Crippen molar-refractivity contribution in [3.63, 3.8) is 0 Å². The number of carbonyl (C=O) groups excluding carboxylic acids is 3. The van der Waals surface area contributed by atoms with Crippen LogP contribution in [0.25, 0.3) is 11.6 Å². The van der Waals surface area contributed by atoms with E-state index in [9.17, 15) is 22.8 Å². The number of aromatic amines is 1. The number of rotatable bonds is 9. The second-order valence-electron chi connectivity index (χ2n) is 9.51. The number of fused-ring (bicyclic) bond motifs is 2. The molecule has 0 spiro atoms. The SMILES string of the molecule is CCOC(=O)CCc1c(/C=C2\C(=O)Nc3ccc(NS(=O)(=O)c4cccc(OC)c4)cc32)[nH]c2c1C(=O)CCC2. The Morgan fingerprint density at radius 3 is 2.73 bits per heavy atom. The maximum Gasteiger partial charge on any atom is 0.306 e. The van der Waals surface area contributed by atoms with Gasteiger partial charge in [-0.1, -0.05) is 6.07 Å². The van der Waals surface area contributed by atoms with Crippen LogP contribution in [0.5, 0.6) is 5.75 Å². The van der Waals surface area contributed by atoms with Crippen LogP contribution in [0, 0.1) is 0 Å². The average molecular weight is 564 g/mol. The van der Waals surface area contributed by atoms with E-state index in [1.165, 1.54) is 19.2 Å². The lowest BCUT2D eigenvalue weighted by molar-refractivity contribution is -0.143. The summed E-state index contributed by atoms with van der Waals surface area (Å²) in [6.07, 6.45) is 3.88. The van der Waals surface area contributed by atoms with Gasteiger partial charge in [0, 0.05) is 52.8 Å². The zero-order valence-electron chi connectivity index (χ0n) is 22.1. The Hall–Kier alpha value is -4.38. The first-order chi connectivity index (χ1) is 19.2. The summed E-state index contributed by atoms with van der Waals surface area (Å²) in [6, 6.07) is 10.9. The van der Waals surface area contributed by atoms with Gasteiger partial charge in [0.25, 0.3) is 15.9 Å². The van der Waals surface area contributed by atoms with Gasteiger partial charge in [0.1, 0.15) is 5.75 Å². The molecule has 0 saturated carbocycles. The highest BCUT2D eigenvalue weighted by Gasteiger charge is 2.29. The van der Waals surface area contributed by atoms with Crippen molar-refractivity contribution in [2.45, 2.75) is 43.9 Å². The van der Waals surface area contributed by atoms with Gasteiger partial charge in [0.15, 0.2) is 5.78 Å². The summed E-state index contributed by atoms with van der Waals surface area (Å²) in [5.41, 5.74) is 4.24. The average Bonchev–Trinajstić information content (AvgIpc) is 3.44. The number of hydrogen-bond acceptors (Lipinski definition) is 7. The van der Waals surface area contributed by atoms with Crippen LogP contribution in [0.3, 0.4) is 0 Å². The normalized spacial score (nSPS) is 15.4. The molecule has 40 heavy (non-hydrogen) atoms. The number of esters is 1. The van der Waals surface area contributed by atoms with Gasteiger partial charge in [0.05, 0.1) is 24.2 Å². The van der Waals surface area contributed by atoms with Gasteiger partial charge in [-0.2, -0.15) is 0 Å². The second-order valence-corrected chi connectivity index (χ2v) is 11.2. The molecule has 2 aromatic carbocycles. The largest absolute Gasteiger partial charge is 0.497 e. The van der Waals surface area contributed by atoms with Gasteiger partial charge >= 0.3 is 5.97 Å². The predicted octanol–water partition coefficient (Wildman–Crippen LogP) is 4.33. The number of amides is 1. The lowest BCUT2D eigenvalue weighted by Crippen LogP contribution is -2.13. The van der Waals surface area contributed by atoms with E-state index < -0.39 is 10.0 Å². The molecule has 2 aliphatic rings. The number of anilines is 2. The Bertz CT molecular complexity index is 1650. The number of ether oxygens (including phenoxy) is 2. The summed E-state index contributed by atoms with van der Waals surface area (Å²) in [7, 11) is -2.48. The number of nitrogens with one attached hydrogen (secondary N) is 3. The summed E-state index contributed by atoms with van der Waals surface area (Å²) in [5.74, 6) is -0.316. The van der Waals surface area contributed by atoms with Crippen LogP contribution in [0.1, 0.15) is 59.1 Å². The Morgan fingerprint density at radius 2 is 1.95 bits per heavy atom. The molecule has 0 atom stereocenters. The van der Waals surface area contributed by atoms with E-state index >= 15 is 0 Å². The molecule has 3 N–H and O–H groups in total. The van der Waals surface area contributed by atoms with Crippen LogP contribution >= 0.6 is 0 Å². The van der Waals surface area contributed by atoms with E-state index in [2.05, 4.69) is 15.0 Å². The molecule has 3 aromatic rings. The number of methoxy groups -OCH3 is 1. The van der Waals surface area contributed by atoms with Crippen molar-refractivity contribution >= 4 is 50.7 Å². The van der Waals surface area contributed by atoms with Crippen molar-refractivity contribution in [3.8, 4) is 5.75 Å². The number of ketones is 1. The quantitative estimate of drug-likeness (QED) is 0.260. The number of aryl methyl sites for hydroxylation is 1. The number of H-pyrrole nitrogens is 1. The zero-order chi connectivity index (χ0) is 28.4. The Labute approximate surface area is 231 Å². The molecule has 11 heteroatoms. The molecule has 208 valence electrons. The molecule has 0 unspecified atom stereocenters. The molecule has 2 heterocycles. The molecule has 1 aromatic heterocycles. The molecule has 5 rings (SSSR count). The van der Waals surface area contributed by atoms with Crippen molar-refractivity contribution in [1.82, 2.24) is 4.98 Å². The Balaban J connectivity index is 1.50. The maximum atomic E-state index is 13.0. The van der Waals surface area contributed by atoms with Crippen LogP contribution in [0.15, 0.2) is 47.4 Å². The van der Waals surface area contributed by atoms with E-state index in [0.29, 0.717) is 52.2 Å².